The maximum absolute atomic E-state index is 12.0. The Kier molecular flexibility index (Phi) is 7.40. The molecule has 26 heavy (non-hydrogen) atoms. The number of carbonyl (C=O) groups excluding carboxylic acids is 1. The predicted molar refractivity (Wildman–Crippen MR) is 106 cm³/mol. The van der Waals surface area contributed by atoms with Crippen molar-refractivity contribution in [3.8, 4) is 0 Å². The van der Waals surface area contributed by atoms with Gasteiger partial charge in [-0.15, -0.1) is 11.3 Å². The Morgan fingerprint density at radius 2 is 2.15 bits per heavy atom. The van der Waals surface area contributed by atoms with E-state index in [9.17, 15) is 4.79 Å². The number of carbonyl (C=O) groups is 1. The number of ether oxygens (including phenoxy) is 1. The van der Waals surface area contributed by atoms with Crippen molar-refractivity contribution in [2.75, 3.05) is 27.2 Å². The van der Waals surface area contributed by atoms with E-state index in [2.05, 4.69) is 39.5 Å². The highest BCUT2D eigenvalue weighted by Crippen LogP contribution is 2.27. The van der Waals surface area contributed by atoms with Crippen LogP contribution in [0.5, 0.6) is 0 Å². The maximum atomic E-state index is 12.0. The number of guanidine groups is 1. The number of aromatic nitrogens is 1. The monoisotopic (exact) mass is 381 g/mol. The second kappa shape index (κ2) is 9.32. The average Bonchev–Trinajstić information content (AvgIpc) is 3.39. The van der Waals surface area contributed by atoms with Gasteiger partial charge in [0, 0.05) is 25.7 Å². The first kappa shape index (κ1) is 20.6. The van der Waals surface area contributed by atoms with E-state index in [-0.39, 0.29) is 12.0 Å². The summed E-state index contributed by atoms with van der Waals surface area (Å²) in [5.41, 5.74) is 0.708. The summed E-state index contributed by atoms with van der Waals surface area (Å²) < 4.78 is 5.09. The lowest BCUT2D eigenvalue weighted by Crippen LogP contribution is -2.46. The topological polar surface area (TPSA) is 78.8 Å². The summed E-state index contributed by atoms with van der Waals surface area (Å²) in [6.45, 7) is 9.06. The van der Waals surface area contributed by atoms with Crippen molar-refractivity contribution in [3.05, 3.63) is 15.6 Å². The molecule has 1 saturated carbocycles. The van der Waals surface area contributed by atoms with Crippen LogP contribution in [0.15, 0.2) is 4.99 Å². The van der Waals surface area contributed by atoms with E-state index in [1.807, 2.05) is 13.8 Å². The van der Waals surface area contributed by atoms with Gasteiger partial charge in [-0.2, -0.15) is 0 Å². The molecule has 7 nitrogen and oxygen atoms in total. The van der Waals surface area contributed by atoms with Crippen LogP contribution in [0.2, 0.25) is 0 Å². The van der Waals surface area contributed by atoms with Crippen molar-refractivity contribution < 1.29 is 9.53 Å². The fourth-order valence-electron chi connectivity index (χ4n) is 2.68. The minimum atomic E-state index is -0.305. The lowest BCUT2D eigenvalue weighted by Gasteiger charge is -2.26. The summed E-state index contributed by atoms with van der Waals surface area (Å²) in [5.74, 6) is 0.430. The maximum Gasteiger partial charge on any atom is 0.350 e. The number of hydrogen-bond donors (Lipinski definition) is 2. The zero-order chi connectivity index (χ0) is 19.3. The first-order valence-electron chi connectivity index (χ1n) is 9.20. The Balaban J connectivity index is 1.91. The molecule has 2 N–H and O–H groups in total. The summed E-state index contributed by atoms with van der Waals surface area (Å²) in [6, 6.07) is 1.12. The van der Waals surface area contributed by atoms with Crippen LogP contribution in [0.1, 0.15) is 60.0 Å². The summed E-state index contributed by atoms with van der Waals surface area (Å²) in [5, 5.41) is 7.57. The van der Waals surface area contributed by atoms with E-state index >= 15 is 0 Å². The Bertz CT molecular complexity index is 642. The van der Waals surface area contributed by atoms with Gasteiger partial charge in [0.05, 0.1) is 18.3 Å². The zero-order valence-corrected chi connectivity index (χ0v) is 17.4. The highest BCUT2D eigenvalue weighted by atomic mass is 32.1. The molecule has 146 valence electrons. The lowest BCUT2D eigenvalue weighted by atomic mass is 10.3. The van der Waals surface area contributed by atoms with E-state index in [0.717, 1.165) is 23.6 Å². The second-order valence-corrected chi connectivity index (χ2v) is 7.78. The first-order valence-corrected chi connectivity index (χ1v) is 10.0. The van der Waals surface area contributed by atoms with Crippen LogP contribution >= 0.6 is 11.3 Å². The highest BCUT2D eigenvalue weighted by molar-refractivity contribution is 7.13. The minimum Gasteiger partial charge on any atom is -0.462 e. The van der Waals surface area contributed by atoms with Gasteiger partial charge in [0.2, 0.25) is 0 Å². The van der Waals surface area contributed by atoms with Crippen LogP contribution < -0.4 is 10.6 Å². The zero-order valence-electron chi connectivity index (χ0n) is 16.6. The number of hydrogen-bond acceptors (Lipinski definition) is 6. The normalized spacial score (nSPS) is 17.1. The lowest BCUT2D eigenvalue weighted by molar-refractivity contribution is 0.0531. The molecular weight excluding hydrogens is 350 g/mol. The summed E-state index contributed by atoms with van der Waals surface area (Å²) in [7, 11) is 3.94. The van der Waals surface area contributed by atoms with E-state index in [1.165, 1.54) is 24.2 Å². The minimum absolute atomic E-state index is 0.0513. The van der Waals surface area contributed by atoms with Crippen LogP contribution in [0.4, 0.5) is 0 Å². The number of thiazole rings is 1. The second-order valence-electron chi connectivity index (χ2n) is 6.75. The average molecular weight is 382 g/mol. The summed E-state index contributed by atoms with van der Waals surface area (Å²) in [6.07, 6.45) is 2.61. The quantitative estimate of drug-likeness (QED) is 0.409. The van der Waals surface area contributed by atoms with Gasteiger partial charge in [-0.1, -0.05) is 0 Å². The molecule has 1 fully saturated rings. The predicted octanol–water partition coefficient (Wildman–Crippen LogP) is 2.34. The molecule has 1 heterocycles. The number of rotatable bonds is 8. The Morgan fingerprint density at radius 1 is 1.46 bits per heavy atom. The molecule has 0 aromatic carbocycles. The third-order valence-electron chi connectivity index (χ3n) is 4.60. The molecule has 0 saturated heterocycles. The van der Waals surface area contributed by atoms with Crippen molar-refractivity contribution in [1.29, 1.82) is 0 Å². The van der Waals surface area contributed by atoms with Crippen LogP contribution in [-0.4, -0.2) is 61.1 Å². The molecule has 1 aromatic heterocycles. The van der Waals surface area contributed by atoms with Gasteiger partial charge in [0.1, 0.15) is 9.88 Å². The number of nitrogens with zero attached hydrogens (tertiary/aromatic N) is 3. The molecule has 1 aromatic rings. The van der Waals surface area contributed by atoms with Gasteiger partial charge in [-0.25, -0.2) is 9.78 Å². The molecule has 0 radical (unpaired) electrons. The highest BCUT2D eigenvalue weighted by Gasteiger charge is 2.29. The van der Waals surface area contributed by atoms with Crippen LogP contribution in [0.3, 0.4) is 0 Å². The van der Waals surface area contributed by atoms with Gasteiger partial charge in [-0.05, 0) is 47.6 Å². The van der Waals surface area contributed by atoms with Crippen molar-refractivity contribution >= 4 is 23.3 Å². The molecule has 0 amide bonds. The molecule has 1 aliphatic carbocycles. The number of likely N-dealkylation sites (N-methyl/N-ethyl adjacent to an activating group) is 1. The van der Waals surface area contributed by atoms with Gasteiger partial charge in [0.15, 0.2) is 5.96 Å². The molecular formula is C18H31N5O2S. The van der Waals surface area contributed by atoms with Gasteiger partial charge >= 0.3 is 5.97 Å². The number of aryl methyl sites for hydroxylation is 1. The summed E-state index contributed by atoms with van der Waals surface area (Å²) >= 11 is 1.37. The fourth-order valence-corrected chi connectivity index (χ4v) is 3.64. The van der Waals surface area contributed by atoms with E-state index in [4.69, 9.17) is 4.74 Å². The third-order valence-corrected chi connectivity index (χ3v) is 5.92. The molecule has 2 unspecified atom stereocenters. The smallest absolute Gasteiger partial charge is 0.350 e. The molecule has 8 heteroatoms. The Labute approximate surface area is 160 Å². The number of aliphatic imine (C=N–C) groups is 1. The van der Waals surface area contributed by atoms with Gasteiger partial charge in [0.25, 0.3) is 0 Å². The van der Waals surface area contributed by atoms with Crippen molar-refractivity contribution in [3.63, 3.8) is 0 Å². The Hall–Kier alpha value is -1.67. The van der Waals surface area contributed by atoms with Crippen molar-refractivity contribution in [2.24, 2.45) is 4.99 Å². The molecule has 0 spiro atoms. The Morgan fingerprint density at radius 3 is 2.73 bits per heavy atom. The van der Waals surface area contributed by atoms with E-state index in [1.54, 1.807) is 14.0 Å². The van der Waals surface area contributed by atoms with Gasteiger partial charge in [-0.3, -0.25) is 9.89 Å². The first-order chi connectivity index (χ1) is 12.4. The number of nitrogens with one attached hydrogen (secondary N) is 2. The summed E-state index contributed by atoms with van der Waals surface area (Å²) in [4.78, 5) is 23.8. The fraction of sp³-hybridized carbons (Fsp3) is 0.722. The van der Waals surface area contributed by atoms with Crippen LogP contribution in [0.25, 0.3) is 0 Å². The molecule has 1 aliphatic rings. The van der Waals surface area contributed by atoms with Crippen LogP contribution in [0, 0.1) is 6.92 Å². The third kappa shape index (κ3) is 5.41. The standard InChI is InChI=1S/C18H31N5O2S/c1-7-25-17(24)15-12(3)21-16(26-15)13(4)22-18(19-5)20-10-11(2)23(6)14-8-9-14/h11,13-14H,7-10H2,1-6H3,(H2,19,20,22). The molecule has 2 atom stereocenters. The SMILES string of the molecule is CCOC(=O)c1sc(C(C)NC(=NC)NCC(C)N(C)C2CC2)nc1C. The van der Waals surface area contributed by atoms with Crippen LogP contribution in [-0.2, 0) is 4.74 Å². The van der Waals surface area contributed by atoms with E-state index in [0.29, 0.717) is 23.2 Å². The number of esters is 1. The van der Waals surface area contributed by atoms with Crippen molar-refractivity contribution in [1.82, 2.24) is 20.5 Å². The molecule has 0 bridgehead atoms. The molecule has 0 aliphatic heterocycles. The molecule has 2 rings (SSSR count). The van der Waals surface area contributed by atoms with Crippen molar-refractivity contribution in [2.45, 2.75) is 58.7 Å². The largest absolute Gasteiger partial charge is 0.462 e. The van der Waals surface area contributed by atoms with Gasteiger partial charge < -0.3 is 15.4 Å². The van der Waals surface area contributed by atoms with E-state index < -0.39 is 0 Å².